The molecule has 1 aliphatic carbocycles. The first-order valence-corrected chi connectivity index (χ1v) is 13.5. The third-order valence-corrected chi connectivity index (χ3v) is 8.48. The number of furan rings is 1. The number of para-hydroxylation sites is 2. The van der Waals surface area contributed by atoms with Gasteiger partial charge >= 0.3 is 0 Å². The molecular formula is C37H27NO. The van der Waals surface area contributed by atoms with E-state index in [2.05, 4.69) is 140 Å². The Balaban J connectivity index is 1.31. The van der Waals surface area contributed by atoms with Gasteiger partial charge in [-0.1, -0.05) is 117 Å². The molecule has 8 rings (SSSR count). The van der Waals surface area contributed by atoms with E-state index in [1.807, 2.05) is 0 Å². The molecule has 39 heavy (non-hydrogen) atoms. The van der Waals surface area contributed by atoms with E-state index in [9.17, 15) is 0 Å². The molecule has 186 valence electrons. The fraction of sp³-hybridized carbons (Fsp3) is 0.0811. The van der Waals surface area contributed by atoms with Gasteiger partial charge in [0.15, 0.2) is 5.58 Å². The Labute approximate surface area is 227 Å². The van der Waals surface area contributed by atoms with Crippen LogP contribution in [0, 0.1) is 0 Å². The summed E-state index contributed by atoms with van der Waals surface area (Å²) >= 11 is 0. The van der Waals surface area contributed by atoms with Crippen molar-refractivity contribution in [3.8, 4) is 22.3 Å². The normalized spacial score (nSPS) is 13.6. The molecule has 0 atom stereocenters. The number of hydrogen-bond donors (Lipinski definition) is 1. The van der Waals surface area contributed by atoms with Crippen LogP contribution in [0.5, 0.6) is 0 Å². The van der Waals surface area contributed by atoms with E-state index in [1.54, 1.807) is 0 Å². The van der Waals surface area contributed by atoms with Crippen LogP contribution in [-0.2, 0) is 5.41 Å². The minimum atomic E-state index is -0.0348. The van der Waals surface area contributed by atoms with Gasteiger partial charge in [-0.25, -0.2) is 0 Å². The molecular weight excluding hydrogens is 474 g/mol. The Bertz CT molecular complexity index is 2080. The van der Waals surface area contributed by atoms with Crippen molar-refractivity contribution in [2.24, 2.45) is 0 Å². The highest BCUT2D eigenvalue weighted by Crippen LogP contribution is 2.52. The molecule has 2 heteroatoms. The summed E-state index contributed by atoms with van der Waals surface area (Å²) in [5.74, 6) is 0. The summed E-state index contributed by atoms with van der Waals surface area (Å²) < 4.78 is 6.60. The molecule has 1 aromatic heterocycles. The van der Waals surface area contributed by atoms with Gasteiger partial charge in [0.1, 0.15) is 5.58 Å². The maximum Gasteiger partial charge on any atom is 0.158 e. The van der Waals surface area contributed by atoms with Crippen LogP contribution >= 0.6 is 0 Å². The highest BCUT2D eigenvalue weighted by molar-refractivity contribution is 6.17. The first-order chi connectivity index (χ1) is 19.1. The topological polar surface area (TPSA) is 25.2 Å². The summed E-state index contributed by atoms with van der Waals surface area (Å²) in [6.45, 7) is 4.66. The molecule has 2 nitrogen and oxygen atoms in total. The predicted octanol–water partition coefficient (Wildman–Crippen LogP) is 10.5. The zero-order chi connectivity index (χ0) is 26.1. The molecule has 0 aliphatic heterocycles. The monoisotopic (exact) mass is 501 g/mol. The van der Waals surface area contributed by atoms with E-state index < -0.39 is 0 Å². The van der Waals surface area contributed by atoms with Crippen LogP contribution in [0.15, 0.2) is 126 Å². The van der Waals surface area contributed by atoms with Crippen LogP contribution in [0.2, 0.25) is 0 Å². The van der Waals surface area contributed by atoms with Crippen molar-refractivity contribution in [1.29, 1.82) is 0 Å². The van der Waals surface area contributed by atoms with Crippen molar-refractivity contribution in [3.63, 3.8) is 0 Å². The Kier molecular flexibility index (Phi) is 4.60. The molecule has 0 spiro atoms. The van der Waals surface area contributed by atoms with Gasteiger partial charge in [0.2, 0.25) is 0 Å². The van der Waals surface area contributed by atoms with Gasteiger partial charge in [0, 0.05) is 32.8 Å². The molecule has 1 heterocycles. The fourth-order valence-electron chi connectivity index (χ4n) is 6.58. The van der Waals surface area contributed by atoms with E-state index in [-0.39, 0.29) is 5.41 Å². The van der Waals surface area contributed by atoms with E-state index in [1.165, 1.54) is 38.8 Å². The zero-order valence-corrected chi connectivity index (χ0v) is 22.0. The van der Waals surface area contributed by atoms with Gasteiger partial charge in [0.25, 0.3) is 0 Å². The molecule has 0 fully saturated rings. The second kappa shape index (κ2) is 8.09. The molecule has 0 saturated carbocycles. The molecule has 0 amide bonds. The van der Waals surface area contributed by atoms with E-state index >= 15 is 0 Å². The van der Waals surface area contributed by atoms with Crippen LogP contribution in [0.3, 0.4) is 0 Å². The molecule has 6 aromatic carbocycles. The van der Waals surface area contributed by atoms with Crippen LogP contribution in [0.25, 0.3) is 55.0 Å². The number of hydrogen-bond acceptors (Lipinski definition) is 2. The quantitative estimate of drug-likeness (QED) is 0.260. The van der Waals surface area contributed by atoms with Crippen molar-refractivity contribution in [2.45, 2.75) is 19.3 Å². The maximum atomic E-state index is 6.60. The maximum absolute atomic E-state index is 6.60. The molecule has 0 bridgehead atoms. The van der Waals surface area contributed by atoms with Crippen molar-refractivity contribution in [1.82, 2.24) is 0 Å². The lowest BCUT2D eigenvalue weighted by Gasteiger charge is -2.22. The molecule has 0 saturated heterocycles. The van der Waals surface area contributed by atoms with Crippen molar-refractivity contribution in [2.75, 3.05) is 5.32 Å². The number of anilines is 2. The Morgan fingerprint density at radius 1 is 0.487 bits per heavy atom. The second-order valence-electron chi connectivity index (χ2n) is 11.0. The van der Waals surface area contributed by atoms with Crippen LogP contribution in [0.1, 0.15) is 25.0 Å². The van der Waals surface area contributed by atoms with Gasteiger partial charge in [0.05, 0.1) is 5.69 Å². The smallest absolute Gasteiger partial charge is 0.158 e. The zero-order valence-electron chi connectivity index (χ0n) is 22.0. The summed E-state index contributed by atoms with van der Waals surface area (Å²) in [5, 5.41) is 8.35. The van der Waals surface area contributed by atoms with Gasteiger partial charge in [-0.05, 0) is 51.4 Å². The average Bonchev–Trinajstić information content (AvgIpc) is 3.47. The lowest BCUT2D eigenvalue weighted by molar-refractivity contribution is 0.660. The summed E-state index contributed by atoms with van der Waals surface area (Å²) in [6, 6.07) is 43.3. The third-order valence-electron chi connectivity index (χ3n) is 8.48. The SMILES string of the molecule is CC1(C)c2ccccc2-c2c(-c3ccccc3Nc3cccc4c3oc3c5ccccc5ccc43)cccc21. The van der Waals surface area contributed by atoms with E-state index in [0.29, 0.717) is 0 Å². The first kappa shape index (κ1) is 22.2. The van der Waals surface area contributed by atoms with Gasteiger partial charge in [-0.15, -0.1) is 0 Å². The van der Waals surface area contributed by atoms with Gasteiger partial charge in [-0.2, -0.15) is 0 Å². The molecule has 7 aromatic rings. The van der Waals surface area contributed by atoms with Crippen molar-refractivity contribution in [3.05, 3.63) is 132 Å². The van der Waals surface area contributed by atoms with Crippen molar-refractivity contribution >= 4 is 44.1 Å². The number of benzene rings is 6. The lowest BCUT2D eigenvalue weighted by atomic mass is 9.82. The molecule has 0 radical (unpaired) electrons. The standard InChI is InChI=1S/C37H27NO/c1-37(2)30-17-7-5-14-29(30)34-26(15-9-18-31(34)37)25-13-6-8-19-32(25)38-33-20-10-16-27-28-22-21-23-11-3-4-12-24(23)35(28)39-36(27)33/h3-22,38H,1-2H3. The Hall–Kier alpha value is -4.82. The summed E-state index contributed by atoms with van der Waals surface area (Å²) in [6.07, 6.45) is 0. The highest BCUT2D eigenvalue weighted by Gasteiger charge is 2.36. The van der Waals surface area contributed by atoms with Crippen LogP contribution in [-0.4, -0.2) is 0 Å². The summed E-state index contributed by atoms with van der Waals surface area (Å²) in [7, 11) is 0. The minimum absolute atomic E-state index is 0.0348. The average molecular weight is 502 g/mol. The molecule has 1 N–H and O–H groups in total. The van der Waals surface area contributed by atoms with E-state index in [0.717, 1.165) is 38.7 Å². The van der Waals surface area contributed by atoms with Crippen LogP contribution < -0.4 is 5.32 Å². The lowest BCUT2D eigenvalue weighted by Crippen LogP contribution is -2.14. The molecule has 1 aliphatic rings. The summed E-state index contributed by atoms with van der Waals surface area (Å²) in [4.78, 5) is 0. The predicted molar refractivity (Wildman–Crippen MR) is 164 cm³/mol. The van der Waals surface area contributed by atoms with E-state index in [4.69, 9.17) is 4.42 Å². The second-order valence-corrected chi connectivity index (χ2v) is 11.0. The fourth-order valence-corrected chi connectivity index (χ4v) is 6.58. The Morgan fingerprint density at radius 3 is 2.05 bits per heavy atom. The molecule has 0 unspecified atom stereocenters. The number of fused-ring (bicyclic) bond motifs is 8. The largest absolute Gasteiger partial charge is 0.453 e. The van der Waals surface area contributed by atoms with Crippen LogP contribution in [0.4, 0.5) is 11.4 Å². The Morgan fingerprint density at radius 2 is 1.13 bits per heavy atom. The minimum Gasteiger partial charge on any atom is -0.453 e. The van der Waals surface area contributed by atoms with Gasteiger partial charge < -0.3 is 9.73 Å². The first-order valence-electron chi connectivity index (χ1n) is 13.5. The summed E-state index contributed by atoms with van der Waals surface area (Å²) in [5.41, 5.74) is 11.7. The van der Waals surface area contributed by atoms with Crippen molar-refractivity contribution < 1.29 is 4.42 Å². The number of rotatable bonds is 3. The third kappa shape index (κ3) is 3.15. The highest BCUT2D eigenvalue weighted by atomic mass is 16.3. The number of nitrogens with one attached hydrogen (secondary N) is 1. The van der Waals surface area contributed by atoms with Gasteiger partial charge in [-0.3, -0.25) is 0 Å².